The topological polar surface area (TPSA) is 86.8 Å². The van der Waals surface area contributed by atoms with E-state index in [2.05, 4.69) is 5.32 Å². The van der Waals surface area contributed by atoms with Crippen LogP contribution in [0.2, 0.25) is 0 Å². The van der Waals surface area contributed by atoms with Crippen molar-refractivity contribution in [1.82, 2.24) is 15.1 Å². The summed E-state index contributed by atoms with van der Waals surface area (Å²) in [4.78, 5) is 50.7. The van der Waals surface area contributed by atoms with Gasteiger partial charge in [0.15, 0.2) is 0 Å². The first kappa shape index (κ1) is 16.2. The van der Waals surface area contributed by atoms with Crippen LogP contribution in [0.25, 0.3) is 0 Å². The van der Waals surface area contributed by atoms with Gasteiger partial charge in [0.25, 0.3) is 11.8 Å². The van der Waals surface area contributed by atoms with Crippen LogP contribution in [0.3, 0.4) is 0 Å². The molecule has 0 atom stereocenters. The van der Waals surface area contributed by atoms with E-state index in [1.165, 1.54) is 6.92 Å². The zero-order valence-corrected chi connectivity index (χ0v) is 13.4. The molecule has 0 aromatic heterocycles. The van der Waals surface area contributed by atoms with Gasteiger partial charge in [-0.05, 0) is 25.0 Å². The van der Waals surface area contributed by atoms with E-state index in [0.29, 0.717) is 37.1 Å². The molecule has 0 saturated carbocycles. The number of rotatable bonds is 3. The summed E-state index contributed by atoms with van der Waals surface area (Å²) in [7, 11) is 0. The molecule has 0 radical (unpaired) electrons. The van der Waals surface area contributed by atoms with E-state index in [0.717, 1.165) is 4.90 Å². The van der Waals surface area contributed by atoms with E-state index in [-0.39, 0.29) is 24.4 Å². The summed E-state index contributed by atoms with van der Waals surface area (Å²) in [6.45, 7) is 2.25. The Balaban J connectivity index is 1.60. The summed E-state index contributed by atoms with van der Waals surface area (Å²) in [5, 5.41) is 2.84. The zero-order valence-electron chi connectivity index (χ0n) is 13.4. The van der Waals surface area contributed by atoms with Crippen molar-refractivity contribution in [1.29, 1.82) is 0 Å². The molecule has 2 heterocycles. The third kappa shape index (κ3) is 3.02. The predicted octanol–water partition coefficient (Wildman–Crippen LogP) is 0.410. The van der Waals surface area contributed by atoms with Crippen molar-refractivity contribution >= 4 is 23.6 Å². The van der Waals surface area contributed by atoms with Crippen LogP contribution >= 0.6 is 0 Å². The average Bonchev–Trinajstić information content (AvgIpc) is 2.80. The fourth-order valence-corrected chi connectivity index (χ4v) is 3.18. The van der Waals surface area contributed by atoms with Crippen molar-refractivity contribution in [3.8, 4) is 0 Å². The Labute approximate surface area is 139 Å². The monoisotopic (exact) mass is 329 g/mol. The van der Waals surface area contributed by atoms with Crippen LogP contribution in [-0.4, -0.2) is 59.1 Å². The van der Waals surface area contributed by atoms with Crippen molar-refractivity contribution in [2.24, 2.45) is 0 Å². The van der Waals surface area contributed by atoms with E-state index < -0.39 is 11.8 Å². The lowest BCUT2D eigenvalue weighted by Gasteiger charge is -2.33. The van der Waals surface area contributed by atoms with Crippen LogP contribution in [-0.2, 0) is 9.59 Å². The summed E-state index contributed by atoms with van der Waals surface area (Å²) in [5.74, 6) is -1.16. The van der Waals surface area contributed by atoms with Crippen LogP contribution in [0.1, 0.15) is 40.5 Å². The molecular weight excluding hydrogens is 310 g/mol. The van der Waals surface area contributed by atoms with Gasteiger partial charge >= 0.3 is 0 Å². The molecule has 0 unspecified atom stereocenters. The number of carbonyl (C=O) groups is 4. The number of likely N-dealkylation sites (tertiary alicyclic amines) is 1. The van der Waals surface area contributed by atoms with Gasteiger partial charge in [-0.15, -0.1) is 0 Å². The largest absolute Gasteiger partial charge is 0.353 e. The van der Waals surface area contributed by atoms with Gasteiger partial charge in [0.2, 0.25) is 11.8 Å². The lowest BCUT2D eigenvalue weighted by atomic mass is 10.0. The Hall–Kier alpha value is -2.70. The van der Waals surface area contributed by atoms with Crippen LogP contribution < -0.4 is 5.32 Å². The second-order valence-electron chi connectivity index (χ2n) is 6.10. The first-order chi connectivity index (χ1) is 11.5. The zero-order chi connectivity index (χ0) is 17.3. The van der Waals surface area contributed by atoms with Crippen LogP contribution in [0.4, 0.5) is 0 Å². The third-order valence-corrected chi connectivity index (χ3v) is 4.43. The molecule has 1 saturated heterocycles. The molecule has 24 heavy (non-hydrogen) atoms. The highest BCUT2D eigenvalue weighted by molar-refractivity contribution is 6.22. The smallest absolute Gasteiger partial charge is 0.262 e. The number of amides is 4. The van der Waals surface area contributed by atoms with Crippen molar-refractivity contribution in [3.05, 3.63) is 35.4 Å². The maximum absolute atomic E-state index is 12.4. The number of hydrogen-bond donors (Lipinski definition) is 1. The minimum atomic E-state index is -0.419. The summed E-state index contributed by atoms with van der Waals surface area (Å²) in [6, 6.07) is 6.66. The Morgan fingerprint density at radius 2 is 1.62 bits per heavy atom. The molecule has 1 aromatic rings. The fraction of sp³-hybridized carbons (Fsp3) is 0.412. The molecule has 2 aliphatic rings. The second kappa shape index (κ2) is 6.43. The molecule has 0 bridgehead atoms. The standard InChI is InChI=1S/C17H19N3O4/c1-11(21)18-12-6-8-19(9-7-12)15(22)10-20-16(23)13-4-2-3-5-14(13)17(20)24/h2-5,12H,6-10H2,1H3,(H,18,21). The van der Waals surface area contributed by atoms with Gasteiger partial charge in [-0.3, -0.25) is 24.1 Å². The number of piperidine rings is 1. The Bertz CT molecular complexity index is 673. The lowest BCUT2D eigenvalue weighted by Crippen LogP contribution is -2.49. The molecule has 1 fully saturated rings. The highest BCUT2D eigenvalue weighted by Gasteiger charge is 2.37. The molecule has 0 spiro atoms. The van der Waals surface area contributed by atoms with Crippen LogP contribution in [0, 0.1) is 0 Å². The third-order valence-electron chi connectivity index (χ3n) is 4.43. The Kier molecular flexibility index (Phi) is 4.33. The van der Waals surface area contributed by atoms with E-state index in [1.54, 1.807) is 29.2 Å². The SMILES string of the molecule is CC(=O)NC1CCN(C(=O)CN2C(=O)c3ccccc3C2=O)CC1. The number of hydrogen-bond acceptors (Lipinski definition) is 4. The van der Waals surface area contributed by atoms with Gasteiger partial charge in [-0.2, -0.15) is 0 Å². The van der Waals surface area contributed by atoms with E-state index >= 15 is 0 Å². The predicted molar refractivity (Wildman–Crippen MR) is 85.2 cm³/mol. The number of benzene rings is 1. The molecule has 1 aromatic carbocycles. The van der Waals surface area contributed by atoms with Gasteiger partial charge < -0.3 is 10.2 Å². The second-order valence-corrected chi connectivity index (χ2v) is 6.10. The summed E-state index contributed by atoms with van der Waals surface area (Å²) in [6.07, 6.45) is 1.35. The van der Waals surface area contributed by atoms with Crippen molar-refractivity contribution in [2.75, 3.05) is 19.6 Å². The minimum absolute atomic E-state index is 0.0749. The average molecular weight is 329 g/mol. The van der Waals surface area contributed by atoms with Crippen LogP contribution in [0.5, 0.6) is 0 Å². The normalized spacial score (nSPS) is 17.9. The molecule has 0 aliphatic carbocycles. The molecule has 4 amide bonds. The molecule has 7 nitrogen and oxygen atoms in total. The number of fused-ring (bicyclic) bond motifs is 1. The van der Waals surface area contributed by atoms with Gasteiger partial charge in [-0.25, -0.2) is 0 Å². The molecule has 126 valence electrons. The van der Waals surface area contributed by atoms with Crippen LogP contribution in [0.15, 0.2) is 24.3 Å². The van der Waals surface area contributed by atoms with E-state index in [4.69, 9.17) is 0 Å². The van der Waals surface area contributed by atoms with Gasteiger partial charge in [-0.1, -0.05) is 12.1 Å². The molecule has 2 aliphatic heterocycles. The first-order valence-electron chi connectivity index (χ1n) is 7.97. The quantitative estimate of drug-likeness (QED) is 0.814. The van der Waals surface area contributed by atoms with Crippen molar-refractivity contribution in [3.63, 3.8) is 0 Å². The minimum Gasteiger partial charge on any atom is -0.353 e. The van der Waals surface area contributed by atoms with Gasteiger partial charge in [0, 0.05) is 26.1 Å². The van der Waals surface area contributed by atoms with E-state index in [1.807, 2.05) is 0 Å². The Morgan fingerprint density at radius 3 is 2.12 bits per heavy atom. The number of imide groups is 1. The number of nitrogens with one attached hydrogen (secondary N) is 1. The number of nitrogens with zero attached hydrogens (tertiary/aromatic N) is 2. The van der Waals surface area contributed by atoms with Gasteiger partial charge in [0.05, 0.1) is 11.1 Å². The molecule has 1 N–H and O–H groups in total. The number of carbonyl (C=O) groups excluding carboxylic acids is 4. The lowest BCUT2D eigenvalue weighted by molar-refractivity contribution is -0.132. The molecular formula is C17H19N3O4. The fourth-order valence-electron chi connectivity index (χ4n) is 3.18. The molecule has 7 heteroatoms. The summed E-state index contributed by atoms with van der Waals surface area (Å²) < 4.78 is 0. The van der Waals surface area contributed by atoms with Crippen molar-refractivity contribution < 1.29 is 19.2 Å². The Morgan fingerprint density at radius 1 is 1.08 bits per heavy atom. The molecule has 3 rings (SSSR count). The maximum Gasteiger partial charge on any atom is 0.262 e. The van der Waals surface area contributed by atoms with E-state index in [9.17, 15) is 19.2 Å². The van der Waals surface area contributed by atoms with Crippen molar-refractivity contribution in [2.45, 2.75) is 25.8 Å². The maximum atomic E-state index is 12.4. The highest BCUT2D eigenvalue weighted by atomic mass is 16.2. The highest BCUT2D eigenvalue weighted by Crippen LogP contribution is 2.22. The van der Waals surface area contributed by atoms with Gasteiger partial charge in [0.1, 0.15) is 6.54 Å². The summed E-state index contributed by atoms with van der Waals surface area (Å²) in [5.41, 5.74) is 0.694. The summed E-state index contributed by atoms with van der Waals surface area (Å²) >= 11 is 0. The first-order valence-corrected chi connectivity index (χ1v) is 7.97.